The van der Waals surface area contributed by atoms with E-state index in [1.165, 1.54) is 12.8 Å². The molecule has 1 aliphatic rings. The molecule has 1 saturated heterocycles. The minimum atomic E-state index is 0.600. The summed E-state index contributed by atoms with van der Waals surface area (Å²) in [6, 6.07) is 0. The van der Waals surface area contributed by atoms with Crippen molar-refractivity contribution in [3.05, 3.63) is 9.47 Å². The maximum atomic E-state index is 5.30. The molecule has 3 heteroatoms. The Morgan fingerprint density at radius 1 is 1.50 bits per heavy atom. The van der Waals surface area contributed by atoms with Crippen LogP contribution in [-0.4, -0.2) is 13.2 Å². The van der Waals surface area contributed by atoms with Gasteiger partial charge in [-0.2, -0.15) is 0 Å². The Morgan fingerprint density at radius 2 is 2.30 bits per heavy atom. The highest BCUT2D eigenvalue weighted by molar-refractivity contribution is 9.28. The summed E-state index contributed by atoms with van der Waals surface area (Å²) >= 11 is 6.66. The molecule has 0 spiro atoms. The lowest BCUT2D eigenvalue weighted by Gasteiger charge is -2.18. The SMILES string of the molecule is BrC(Br)=CC1CCCOC1. The monoisotopic (exact) mass is 268 g/mol. The Morgan fingerprint density at radius 3 is 2.80 bits per heavy atom. The standard InChI is InChI=1S/C7H10Br2O/c8-7(9)4-6-2-1-3-10-5-6/h4,6H,1-3,5H2. The van der Waals surface area contributed by atoms with Crippen LogP contribution < -0.4 is 0 Å². The van der Waals surface area contributed by atoms with E-state index in [1.807, 2.05) is 0 Å². The third-order valence-corrected chi connectivity index (χ3v) is 2.09. The molecule has 1 aliphatic heterocycles. The molecule has 0 aliphatic carbocycles. The zero-order valence-corrected chi connectivity index (χ0v) is 8.82. The molecule has 0 radical (unpaired) electrons. The molecule has 0 aromatic heterocycles. The molecule has 58 valence electrons. The van der Waals surface area contributed by atoms with Crippen LogP contribution in [0.15, 0.2) is 9.47 Å². The molecule has 1 atom stereocenters. The Labute approximate surface area is 78.1 Å². The average Bonchev–Trinajstić information content (AvgIpc) is 1.88. The second-order valence-corrected chi connectivity index (χ2v) is 5.21. The largest absolute Gasteiger partial charge is 0.381 e. The first-order chi connectivity index (χ1) is 4.79. The van der Waals surface area contributed by atoms with Crippen molar-refractivity contribution in [1.82, 2.24) is 0 Å². The fourth-order valence-electron chi connectivity index (χ4n) is 1.08. The van der Waals surface area contributed by atoms with Gasteiger partial charge in [0, 0.05) is 12.5 Å². The zero-order chi connectivity index (χ0) is 7.40. The van der Waals surface area contributed by atoms with Gasteiger partial charge in [0.15, 0.2) is 0 Å². The third kappa shape index (κ3) is 3.17. The number of hydrogen-bond acceptors (Lipinski definition) is 1. The molecule has 0 bridgehead atoms. The first-order valence-electron chi connectivity index (χ1n) is 3.39. The Bertz CT molecular complexity index is 124. The van der Waals surface area contributed by atoms with Gasteiger partial charge < -0.3 is 4.74 Å². The quantitative estimate of drug-likeness (QED) is 0.711. The van der Waals surface area contributed by atoms with E-state index < -0.39 is 0 Å². The van der Waals surface area contributed by atoms with Crippen molar-refractivity contribution >= 4 is 31.9 Å². The Hall–Kier alpha value is 0.660. The molecular formula is C7H10Br2O. The van der Waals surface area contributed by atoms with Crippen molar-refractivity contribution in [3.8, 4) is 0 Å². The van der Waals surface area contributed by atoms with Crippen LogP contribution in [0.4, 0.5) is 0 Å². The van der Waals surface area contributed by atoms with E-state index in [0.717, 1.165) is 16.6 Å². The van der Waals surface area contributed by atoms with Crippen LogP contribution in [0.25, 0.3) is 0 Å². The number of ether oxygens (including phenoxy) is 1. The van der Waals surface area contributed by atoms with Crippen molar-refractivity contribution in [2.75, 3.05) is 13.2 Å². The van der Waals surface area contributed by atoms with Gasteiger partial charge in [-0.05, 0) is 44.7 Å². The van der Waals surface area contributed by atoms with Crippen LogP contribution in [0.1, 0.15) is 12.8 Å². The van der Waals surface area contributed by atoms with E-state index in [1.54, 1.807) is 0 Å². The van der Waals surface area contributed by atoms with Gasteiger partial charge in [0.1, 0.15) is 0 Å². The second-order valence-electron chi connectivity index (χ2n) is 2.43. The molecule has 10 heavy (non-hydrogen) atoms. The smallest absolute Gasteiger partial charge is 0.0567 e. The fraction of sp³-hybridized carbons (Fsp3) is 0.714. The van der Waals surface area contributed by atoms with E-state index in [4.69, 9.17) is 4.74 Å². The van der Waals surface area contributed by atoms with Crippen LogP contribution in [0, 0.1) is 5.92 Å². The average molecular weight is 270 g/mol. The van der Waals surface area contributed by atoms with Crippen LogP contribution >= 0.6 is 31.9 Å². The number of hydrogen-bond donors (Lipinski definition) is 0. The van der Waals surface area contributed by atoms with E-state index in [9.17, 15) is 0 Å². The summed E-state index contributed by atoms with van der Waals surface area (Å²) in [5.74, 6) is 0.600. The summed E-state index contributed by atoms with van der Waals surface area (Å²) in [4.78, 5) is 0. The third-order valence-electron chi connectivity index (χ3n) is 1.56. The molecule has 1 unspecified atom stereocenters. The Balaban J connectivity index is 2.33. The second kappa shape index (κ2) is 4.52. The molecule has 1 fully saturated rings. The van der Waals surface area contributed by atoms with Gasteiger partial charge >= 0.3 is 0 Å². The van der Waals surface area contributed by atoms with Gasteiger partial charge in [-0.3, -0.25) is 0 Å². The van der Waals surface area contributed by atoms with Gasteiger partial charge in [0.2, 0.25) is 0 Å². The minimum Gasteiger partial charge on any atom is -0.381 e. The Kier molecular flexibility index (Phi) is 3.96. The number of rotatable bonds is 1. The summed E-state index contributed by atoms with van der Waals surface area (Å²) in [6.45, 7) is 1.81. The maximum absolute atomic E-state index is 5.30. The lowest BCUT2D eigenvalue weighted by Crippen LogP contribution is -2.14. The minimum absolute atomic E-state index is 0.600. The molecule has 0 amide bonds. The van der Waals surface area contributed by atoms with E-state index in [2.05, 4.69) is 37.9 Å². The molecule has 1 nitrogen and oxygen atoms in total. The van der Waals surface area contributed by atoms with E-state index in [-0.39, 0.29) is 0 Å². The van der Waals surface area contributed by atoms with Crippen LogP contribution in [0.3, 0.4) is 0 Å². The van der Waals surface area contributed by atoms with Gasteiger partial charge in [-0.1, -0.05) is 6.08 Å². The van der Waals surface area contributed by atoms with Gasteiger partial charge in [-0.15, -0.1) is 0 Å². The maximum Gasteiger partial charge on any atom is 0.0567 e. The lowest BCUT2D eigenvalue weighted by molar-refractivity contribution is 0.0711. The topological polar surface area (TPSA) is 9.23 Å². The van der Waals surface area contributed by atoms with Crippen molar-refractivity contribution in [2.45, 2.75) is 12.8 Å². The molecule has 0 saturated carbocycles. The van der Waals surface area contributed by atoms with Crippen LogP contribution in [0.5, 0.6) is 0 Å². The summed E-state index contributed by atoms with van der Waals surface area (Å²) in [5.41, 5.74) is 0. The van der Waals surface area contributed by atoms with Gasteiger partial charge in [-0.25, -0.2) is 0 Å². The first-order valence-corrected chi connectivity index (χ1v) is 4.98. The predicted octanol–water partition coefficient (Wildman–Crippen LogP) is 3.04. The van der Waals surface area contributed by atoms with Crippen LogP contribution in [0.2, 0.25) is 0 Å². The van der Waals surface area contributed by atoms with Crippen LogP contribution in [-0.2, 0) is 4.74 Å². The number of halogens is 2. The highest BCUT2D eigenvalue weighted by Crippen LogP contribution is 2.21. The highest BCUT2D eigenvalue weighted by Gasteiger charge is 2.10. The molecule has 0 aromatic carbocycles. The summed E-state index contributed by atoms with van der Waals surface area (Å²) in [6.07, 6.45) is 4.59. The fourth-order valence-corrected chi connectivity index (χ4v) is 1.82. The molecular weight excluding hydrogens is 260 g/mol. The first kappa shape index (κ1) is 8.75. The zero-order valence-electron chi connectivity index (χ0n) is 5.65. The molecule has 0 N–H and O–H groups in total. The van der Waals surface area contributed by atoms with Gasteiger partial charge in [0.05, 0.1) is 10.00 Å². The van der Waals surface area contributed by atoms with Crippen molar-refractivity contribution in [1.29, 1.82) is 0 Å². The summed E-state index contributed by atoms with van der Waals surface area (Å²) in [7, 11) is 0. The van der Waals surface area contributed by atoms with Crippen molar-refractivity contribution in [2.24, 2.45) is 5.92 Å². The molecule has 1 heterocycles. The lowest BCUT2D eigenvalue weighted by atomic mass is 10.0. The van der Waals surface area contributed by atoms with Crippen molar-refractivity contribution < 1.29 is 4.74 Å². The molecule has 1 rings (SSSR count). The summed E-state index contributed by atoms with van der Waals surface area (Å²) < 4.78 is 6.33. The van der Waals surface area contributed by atoms with Crippen molar-refractivity contribution in [3.63, 3.8) is 0 Å². The highest BCUT2D eigenvalue weighted by atomic mass is 79.9. The van der Waals surface area contributed by atoms with Gasteiger partial charge in [0.25, 0.3) is 0 Å². The molecule has 0 aromatic rings. The normalized spacial score (nSPS) is 26.0. The van der Waals surface area contributed by atoms with E-state index in [0.29, 0.717) is 5.92 Å². The summed E-state index contributed by atoms with van der Waals surface area (Å²) in [5, 5.41) is 0. The predicted molar refractivity (Wildman–Crippen MR) is 49.5 cm³/mol. The van der Waals surface area contributed by atoms with E-state index >= 15 is 0 Å².